The Morgan fingerprint density at radius 2 is 2.19 bits per heavy atom. The Kier molecular flexibility index (Phi) is 6.31. The molecule has 0 atom stereocenters. The summed E-state index contributed by atoms with van der Waals surface area (Å²) in [5, 5.41) is 14.2. The van der Waals surface area contributed by atoms with E-state index >= 15 is 0 Å². The van der Waals surface area contributed by atoms with E-state index in [4.69, 9.17) is 0 Å². The van der Waals surface area contributed by atoms with E-state index in [0.29, 0.717) is 19.1 Å². The van der Waals surface area contributed by atoms with Crippen LogP contribution in [0.15, 0.2) is 22.7 Å². The molecule has 2 aromatic heterocycles. The van der Waals surface area contributed by atoms with Gasteiger partial charge in [-0.2, -0.15) is 0 Å². The molecule has 2 amide bonds. The highest BCUT2D eigenvalue weighted by molar-refractivity contribution is 7.99. The summed E-state index contributed by atoms with van der Waals surface area (Å²) in [5.74, 6) is 0.940. The van der Waals surface area contributed by atoms with Gasteiger partial charge in [0.15, 0.2) is 11.0 Å². The molecule has 1 fully saturated rings. The van der Waals surface area contributed by atoms with Gasteiger partial charge in [0.1, 0.15) is 0 Å². The largest absolute Gasteiger partial charge is 0.355 e. The van der Waals surface area contributed by atoms with Crippen LogP contribution in [-0.4, -0.2) is 56.9 Å². The van der Waals surface area contributed by atoms with E-state index < -0.39 is 0 Å². The van der Waals surface area contributed by atoms with Crippen LogP contribution in [0.1, 0.15) is 32.7 Å². The second-order valence-corrected chi connectivity index (χ2v) is 7.92. The Morgan fingerprint density at radius 1 is 1.38 bits per heavy atom. The summed E-state index contributed by atoms with van der Waals surface area (Å²) in [6.45, 7) is 4.91. The number of carbonyl (C=O) groups is 2. The van der Waals surface area contributed by atoms with E-state index in [1.54, 1.807) is 16.2 Å². The molecule has 0 spiro atoms. The SMILES string of the molecule is CCNC(=O)CN(CC)C(=O)CSc1nnc(-c2cccs2)n1C1CC1. The predicted octanol–water partition coefficient (Wildman–Crippen LogP) is 2.42. The fraction of sp³-hybridized carbons (Fsp3) is 0.529. The van der Waals surface area contributed by atoms with Gasteiger partial charge in [-0.15, -0.1) is 21.5 Å². The number of aromatic nitrogens is 3. The number of hydrogen-bond donors (Lipinski definition) is 1. The van der Waals surface area contributed by atoms with Crippen molar-refractivity contribution in [1.82, 2.24) is 25.0 Å². The third kappa shape index (κ3) is 4.45. The van der Waals surface area contributed by atoms with Crippen LogP contribution in [0.4, 0.5) is 0 Å². The van der Waals surface area contributed by atoms with Crippen LogP contribution in [0.2, 0.25) is 0 Å². The first-order valence-corrected chi connectivity index (χ1v) is 10.7. The Morgan fingerprint density at radius 3 is 2.81 bits per heavy atom. The van der Waals surface area contributed by atoms with Gasteiger partial charge >= 0.3 is 0 Å². The quantitative estimate of drug-likeness (QED) is 0.662. The smallest absolute Gasteiger partial charge is 0.239 e. The molecule has 1 aliphatic carbocycles. The zero-order valence-electron chi connectivity index (χ0n) is 15.0. The summed E-state index contributed by atoms with van der Waals surface area (Å²) in [4.78, 5) is 26.9. The first-order valence-electron chi connectivity index (χ1n) is 8.80. The van der Waals surface area contributed by atoms with Crippen molar-refractivity contribution in [2.24, 2.45) is 0 Å². The summed E-state index contributed by atoms with van der Waals surface area (Å²) in [7, 11) is 0. The molecule has 0 aromatic carbocycles. The van der Waals surface area contributed by atoms with Crippen LogP contribution in [0.5, 0.6) is 0 Å². The highest BCUT2D eigenvalue weighted by Crippen LogP contribution is 2.41. The Hall–Kier alpha value is -1.87. The number of nitrogens with one attached hydrogen (secondary N) is 1. The van der Waals surface area contributed by atoms with E-state index in [1.807, 2.05) is 31.4 Å². The van der Waals surface area contributed by atoms with Gasteiger partial charge in [0.05, 0.1) is 17.2 Å². The molecule has 0 radical (unpaired) electrons. The van der Waals surface area contributed by atoms with E-state index in [2.05, 4.69) is 20.1 Å². The van der Waals surface area contributed by atoms with Gasteiger partial charge in [-0.3, -0.25) is 14.2 Å². The highest BCUT2D eigenvalue weighted by atomic mass is 32.2. The van der Waals surface area contributed by atoms with Crippen molar-refractivity contribution in [3.05, 3.63) is 17.5 Å². The van der Waals surface area contributed by atoms with Crippen molar-refractivity contribution >= 4 is 34.9 Å². The molecular formula is C17H23N5O2S2. The van der Waals surface area contributed by atoms with Gasteiger partial charge in [-0.05, 0) is 38.1 Å². The molecule has 2 aromatic rings. The maximum Gasteiger partial charge on any atom is 0.239 e. The number of thiophene rings is 1. The molecule has 0 saturated heterocycles. The van der Waals surface area contributed by atoms with Crippen molar-refractivity contribution in [2.75, 3.05) is 25.4 Å². The summed E-state index contributed by atoms with van der Waals surface area (Å²) in [5.41, 5.74) is 0. The molecule has 0 bridgehead atoms. The number of nitrogens with zero attached hydrogens (tertiary/aromatic N) is 4. The van der Waals surface area contributed by atoms with Crippen molar-refractivity contribution in [3.63, 3.8) is 0 Å². The van der Waals surface area contributed by atoms with E-state index in [-0.39, 0.29) is 24.1 Å². The highest BCUT2D eigenvalue weighted by Gasteiger charge is 2.30. The van der Waals surface area contributed by atoms with Gasteiger partial charge in [-0.1, -0.05) is 17.8 Å². The molecule has 2 heterocycles. The van der Waals surface area contributed by atoms with Crippen molar-refractivity contribution < 1.29 is 9.59 Å². The molecule has 1 saturated carbocycles. The number of carbonyl (C=O) groups excluding carboxylic acids is 2. The number of thioether (sulfide) groups is 1. The average Bonchev–Trinajstić information content (AvgIpc) is 3.16. The lowest BCUT2D eigenvalue weighted by atomic mass is 10.4. The summed E-state index contributed by atoms with van der Waals surface area (Å²) in [6.07, 6.45) is 2.24. The fourth-order valence-corrected chi connectivity index (χ4v) is 4.25. The molecule has 9 heteroatoms. The maximum absolute atomic E-state index is 12.5. The topological polar surface area (TPSA) is 80.1 Å². The molecule has 140 valence electrons. The standard InChI is InChI=1S/C17H23N5O2S2/c1-3-18-14(23)10-21(4-2)15(24)11-26-17-20-19-16(13-6-5-9-25-13)22(17)12-7-8-12/h5-6,9,12H,3-4,7-8,10-11H2,1-2H3,(H,18,23). The number of rotatable bonds is 9. The Bertz CT molecular complexity index is 755. The van der Waals surface area contributed by atoms with Crippen LogP contribution in [0.25, 0.3) is 10.7 Å². The second kappa shape index (κ2) is 8.68. The molecule has 7 nitrogen and oxygen atoms in total. The molecule has 1 aliphatic rings. The normalized spacial score (nSPS) is 13.6. The summed E-state index contributed by atoms with van der Waals surface area (Å²) in [6, 6.07) is 4.47. The first-order chi connectivity index (χ1) is 12.6. The predicted molar refractivity (Wildman–Crippen MR) is 103 cm³/mol. The van der Waals surface area contributed by atoms with Gasteiger partial charge in [0, 0.05) is 19.1 Å². The molecule has 0 unspecified atom stereocenters. The summed E-state index contributed by atoms with van der Waals surface area (Å²) < 4.78 is 2.16. The monoisotopic (exact) mass is 393 g/mol. The number of amides is 2. The van der Waals surface area contributed by atoms with Crippen LogP contribution < -0.4 is 5.32 Å². The van der Waals surface area contributed by atoms with Gasteiger partial charge in [0.2, 0.25) is 11.8 Å². The molecule has 0 aliphatic heterocycles. The van der Waals surface area contributed by atoms with E-state index in [0.717, 1.165) is 28.7 Å². The first kappa shape index (κ1) is 18.9. The minimum absolute atomic E-state index is 0.0632. The van der Waals surface area contributed by atoms with Crippen LogP contribution in [0.3, 0.4) is 0 Å². The second-order valence-electron chi connectivity index (χ2n) is 6.03. The van der Waals surface area contributed by atoms with E-state index in [9.17, 15) is 9.59 Å². The van der Waals surface area contributed by atoms with Crippen LogP contribution >= 0.6 is 23.1 Å². The van der Waals surface area contributed by atoms with Crippen LogP contribution in [0, 0.1) is 0 Å². The molecule has 3 rings (SSSR count). The zero-order valence-corrected chi connectivity index (χ0v) is 16.6. The number of likely N-dealkylation sites (N-methyl/N-ethyl adjacent to an activating group) is 2. The fourth-order valence-electron chi connectivity index (χ4n) is 2.63. The van der Waals surface area contributed by atoms with E-state index in [1.165, 1.54) is 11.8 Å². The van der Waals surface area contributed by atoms with Crippen LogP contribution in [-0.2, 0) is 9.59 Å². The maximum atomic E-state index is 12.5. The number of hydrogen-bond acceptors (Lipinski definition) is 6. The third-order valence-electron chi connectivity index (χ3n) is 4.09. The minimum atomic E-state index is -0.131. The Balaban J connectivity index is 1.66. The van der Waals surface area contributed by atoms with Gasteiger partial charge < -0.3 is 10.2 Å². The van der Waals surface area contributed by atoms with Gasteiger partial charge in [-0.25, -0.2) is 0 Å². The molecule has 26 heavy (non-hydrogen) atoms. The molecular weight excluding hydrogens is 370 g/mol. The minimum Gasteiger partial charge on any atom is -0.355 e. The third-order valence-corrected chi connectivity index (χ3v) is 5.88. The molecule has 1 N–H and O–H groups in total. The van der Waals surface area contributed by atoms with Crippen molar-refractivity contribution in [2.45, 2.75) is 37.9 Å². The summed E-state index contributed by atoms with van der Waals surface area (Å²) >= 11 is 3.04. The Labute approximate surface area is 161 Å². The van der Waals surface area contributed by atoms with Gasteiger partial charge in [0.25, 0.3) is 0 Å². The van der Waals surface area contributed by atoms with Crippen molar-refractivity contribution in [1.29, 1.82) is 0 Å². The lowest BCUT2D eigenvalue weighted by molar-refractivity contribution is -0.133. The lowest BCUT2D eigenvalue weighted by Crippen LogP contribution is -2.41. The van der Waals surface area contributed by atoms with Crippen molar-refractivity contribution in [3.8, 4) is 10.7 Å². The lowest BCUT2D eigenvalue weighted by Gasteiger charge is -2.20. The zero-order chi connectivity index (χ0) is 18.5. The average molecular weight is 394 g/mol.